The van der Waals surface area contributed by atoms with Crippen LogP contribution in [0, 0.1) is 17.8 Å². The van der Waals surface area contributed by atoms with Crippen molar-refractivity contribution in [2.75, 3.05) is 31.3 Å². The Morgan fingerprint density at radius 1 is 0.964 bits per heavy atom. The summed E-state index contributed by atoms with van der Waals surface area (Å²) in [6.07, 6.45) is 30.0. The molecular weight excluding hydrogens is 723 g/mol. The highest BCUT2D eigenvalue weighted by atomic mass is 32.2. The van der Waals surface area contributed by atoms with Gasteiger partial charge in [0.25, 0.3) is 0 Å². The van der Waals surface area contributed by atoms with Crippen molar-refractivity contribution in [3.8, 4) is 5.75 Å². The third-order valence-corrected chi connectivity index (χ3v) is 14.5. The number of allylic oxidation sites excluding steroid dienone is 1. The summed E-state index contributed by atoms with van der Waals surface area (Å²) in [6.45, 7) is 7.73. The SMILES string of the molecule is C=C[C@H]1CN2C(S(=O)CCCCCCCCCCCCCCCCCC)CC1C[C@H]2[C@H](OC(=O)NC1CC=CCC1C(=O)O)C1=CCNc2ccc(OC)cc21. The number of aliphatic carboxylic acids is 1. The smallest absolute Gasteiger partial charge is 0.408 e. The van der Waals surface area contributed by atoms with E-state index in [9.17, 15) is 18.9 Å². The molecule has 10 heteroatoms. The number of carbonyl (C=O) groups excluding carboxylic acids is 1. The quantitative estimate of drug-likeness (QED) is 0.0662. The Labute approximate surface area is 340 Å². The Balaban J connectivity index is 1.17. The molecule has 0 radical (unpaired) electrons. The Morgan fingerprint density at radius 2 is 1.61 bits per heavy atom. The maximum absolute atomic E-state index is 14.2. The van der Waals surface area contributed by atoms with Crippen LogP contribution >= 0.6 is 0 Å². The number of alkyl carbamates (subject to hydrolysis) is 1. The lowest BCUT2D eigenvalue weighted by Crippen LogP contribution is -2.63. The number of unbranched alkanes of at least 4 members (excludes halogenated alkanes) is 15. The van der Waals surface area contributed by atoms with Crippen LogP contribution in [0.1, 0.15) is 141 Å². The number of anilines is 1. The van der Waals surface area contributed by atoms with Crippen molar-refractivity contribution >= 4 is 34.1 Å². The molecule has 56 heavy (non-hydrogen) atoms. The van der Waals surface area contributed by atoms with Gasteiger partial charge >= 0.3 is 12.1 Å². The second-order valence-corrected chi connectivity index (χ2v) is 18.4. The molecule has 3 N–H and O–H groups in total. The van der Waals surface area contributed by atoms with Gasteiger partial charge in [-0.05, 0) is 62.1 Å². The van der Waals surface area contributed by atoms with Crippen LogP contribution in [0.2, 0.25) is 0 Å². The van der Waals surface area contributed by atoms with Gasteiger partial charge in [-0.25, -0.2) is 4.79 Å². The number of hydrogen-bond acceptors (Lipinski definition) is 7. The van der Waals surface area contributed by atoms with Crippen molar-refractivity contribution in [1.82, 2.24) is 10.2 Å². The van der Waals surface area contributed by atoms with E-state index in [-0.39, 0.29) is 23.3 Å². The number of carboxylic acid groups (broad SMARTS) is 1. The number of rotatable bonds is 25. The average molecular weight is 794 g/mol. The molecule has 1 amide bonds. The zero-order valence-electron chi connectivity index (χ0n) is 34.4. The van der Waals surface area contributed by atoms with E-state index in [1.54, 1.807) is 7.11 Å². The number of methoxy groups -OCH3 is 1. The summed E-state index contributed by atoms with van der Waals surface area (Å²) in [5.74, 6) is 0.303. The zero-order chi connectivity index (χ0) is 39.7. The molecule has 1 aromatic rings. The molecule has 312 valence electrons. The van der Waals surface area contributed by atoms with Gasteiger partial charge in [0.05, 0.1) is 24.4 Å². The first-order valence-corrected chi connectivity index (χ1v) is 23.5. The number of nitrogens with zero attached hydrogens (tertiary/aromatic N) is 1. The van der Waals surface area contributed by atoms with Crippen molar-refractivity contribution in [3.05, 3.63) is 54.6 Å². The maximum Gasteiger partial charge on any atom is 0.408 e. The molecular formula is C46H71N3O6S. The molecule has 0 spiro atoms. The van der Waals surface area contributed by atoms with E-state index in [1.807, 2.05) is 36.4 Å². The van der Waals surface area contributed by atoms with Crippen molar-refractivity contribution in [3.63, 3.8) is 0 Å². The van der Waals surface area contributed by atoms with E-state index in [4.69, 9.17) is 9.47 Å². The summed E-state index contributed by atoms with van der Waals surface area (Å²) in [6, 6.07) is 5.12. The summed E-state index contributed by atoms with van der Waals surface area (Å²) < 4.78 is 26.2. The minimum Gasteiger partial charge on any atom is -0.497 e. The molecule has 2 bridgehead atoms. The van der Waals surface area contributed by atoms with E-state index in [0.717, 1.165) is 49.1 Å². The largest absolute Gasteiger partial charge is 0.497 e. The number of carbonyl (C=O) groups is 2. The average Bonchev–Trinajstić information content (AvgIpc) is 3.22. The Morgan fingerprint density at radius 3 is 2.21 bits per heavy atom. The fourth-order valence-electron chi connectivity index (χ4n) is 9.49. The molecule has 0 saturated carbocycles. The first kappa shape index (κ1) is 44.0. The number of nitrogens with one attached hydrogen (secondary N) is 2. The maximum atomic E-state index is 14.2. The van der Waals surface area contributed by atoms with Crippen LogP contribution in [0.3, 0.4) is 0 Å². The van der Waals surface area contributed by atoms with Gasteiger partial charge in [0, 0.05) is 52.5 Å². The van der Waals surface area contributed by atoms with Crippen LogP contribution in [0.25, 0.3) is 5.57 Å². The van der Waals surface area contributed by atoms with E-state index < -0.39 is 40.9 Å². The van der Waals surface area contributed by atoms with Crippen LogP contribution in [0.5, 0.6) is 5.75 Å². The van der Waals surface area contributed by atoms with E-state index >= 15 is 0 Å². The Hall–Kier alpha value is -3.11. The molecule has 5 aliphatic rings. The van der Waals surface area contributed by atoms with Gasteiger partial charge in [0.2, 0.25) is 0 Å². The summed E-state index contributed by atoms with van der Waals surface area (Å²) in [5, 5.41) is 16.1. The first-order valence-electron chi connectivity index (χ1n) is 22.1. The molecule has 4 aliphatic heterocycles. The number of ether oxygens (including phenoxy) is 2. The minimum atomic E-state index is -1.05. The summed E-state index contributed by atoms with van der Waals surface area (Å²) in [7, 11) is 0.589. The van der Waals surface area contributed by atoms with Gasteiger partial charge in [-0.2, -0.15) is 0 Å². The third-order valence-electron chi connectivity index (χ3n) is 12.8. The predicted molar refractivity (Wildman–Crippen MR) is 229 cm³/mol. The van der Waals surface area contributed by atoms with E-state index in [0.29, 0.717) is 30.9 Å². The molecule has 9 nitrogen and oxygen atoms in total. The molecule has 1 aromatic carbocycles. The Kier molecular flexibility index (Phi) is 18.3. The molecule has 4 heterocycles. The number of piperidine rings is 3. The lowest BCUT2D eigenvalue weighted by atomic mass is 9.72. The molecule has 6 rings (SSSR count). The number of fused-ring (bicyclic) bond motifs is 4. The van der Waals surface area contributed by atoms with Crippen LogP contribution in [-0.2, 0) is 20.3 Å². The topological polar surface area (TPSA) is 117 Å². The van der Waals surface area contributed by atoms with Gasteiger partial charge in [0.1, 0.15) is 11.9 Å². The van der Waals surface area contributed by atoms with Gasteiger partial charge in [-0.1, -0.05) is 128 Å². The highest BCUT2D eigenvalue weighted by Gasteiger charge is 2.51. The lowest BCUT2D eigenvalue weighted by Gasteiger charge is -2.55. The van der Waals surface area contributed by atoms with Crippen molar-refractivity contribution in [2.24, 2.45) is 17.8 Å². The molecule has 3 saturated heterocycles. The van der Waals surface area contributed by atoms with Crippen LogP contribution < -0.4 is 15.4 Å². The van der Waals surface area contributed by atoms with Gasteiger partial charge in [-0.3, -0.25) is 13.9 Å². The van der Waals surface area contributed by atoms with Gasteiger partial charge in [-0.15, -0.1) is 6.58 Å². The van der Waals surface area contributed by atoms with Gasteiger partial charge < -0.3 is 25.2 Å². The van der Waals surface area contributed by atoms with Crippen LogP contribution in [0.15, 0.2) is 49.1 Å². The zero-order valence-corrected chi connectivity index (χ0v) is 35.2. The lowest BCUT2D eigenvalue weighted by molar-refractivity contribution is -0.142. The highest BCUT2D eigenvalue weighted by Crippen LogP contribution is 2.46. The first-order chi connectivity index (χ1) is 27.3. The number of benzene rings is 1. The number of hydrogen-bond donors (Lipinski definition) is 3. The summed E-state index contributed by atoms with van der Waals surface area (Å²) in [5.41, 5.74) is 2.73. The molecule has 9 atom stereocenters. The fourth-order valence-corrected chi connectivity index (χ4v) is 11.3. The normalized spacial score (nSPS) is 26.3. The molecule has 1 aliphatic carbocycles. The van der Waals surface area contributed by atoms with Crippen LogP contribution in [-0.4, -0.2) is 75.8 Å². The fraction of sp³-hybridized carbons (Fsp3) is 0.696. The third kappa shape index (κ3) is 12.4. The second kappa shape index (κ2) is 23.3. The molecule has 0 aromatic heterocycles. The summed E-state index contributed by atoms with van der Waals surface area (Å²) in [4.78, 5) is 28.2. The standard InChI is InChI=1S/C46H71N3O6S/c1-4-6-7-8-9-10-11-12-13-14-15-16-17-18-19-22-29-56(53)43-31-35-30-42(49(43)33-34(35)5-2)44(37-27-28-47-40-26-25-36(54-3)32-39(37)40)55-46(52)48-41-24-21-20-23-38(41)45(50)51/h5,20-21,25-27,32,34-35,38,41-44,47H,2,4,6-19,22-24,28-31,33H2,1,3H3,(H,48,52)(H,50,51)/t34-,35?,38?,41?,42-,43?,44+,56?/m0/s1. The van der Waals surface area contributed by atoms with Crippen molar-refractivity contribution in [2.45, 2.75) is 159 Å². The van der Waals surface area contributed by atoms with Crippen molar-refractivity contribution in [1.29, 1.82) is 0 Å². The minimum absolute atomic E-state index is 0.118. The second-order valence-electron chi connectivity index (χ2n) is 16.7. The monoisotopic (exact) mass is 794 g/mol. The highest BCUT2D eigenvalue weighted by molar-refractivity contribution is 7.85. The van der Waals surface area contributed by atoms with E-state index in [2.05, 4.69) is 35.1 Å². The predicted octanol–water partition coefficient (Wildman–Crippen LogP) is 10.3. The molecule has 6 unspecified atom stereocenters. The number of carboxylic acids is 1. The summed E-state index contributed by atoms with van der Waals surface area (Å²) >= 11 is 0. The van der Waals surface area contributed by atoms with E-state index in [1.165, 1.54) is 89.9 Å². The van der Waals surface area contributed by atoms with Crippen LogP contribution in [0.4, 0.5) is 10.5 Å². The van der Waals surface area contributed by atoms with Crippen molar-refractivity contribution < 1.29 is 28.4 Å². The van der Waals surface area contributed by atoms with Gasteiger partial charge in [0.15, 0.2) is 0 Å². The number of amides is 1. The Bertz CT molecular complexity index is 1500. The molecule has 3 fully saturated rings.